The number of nitrogens with one attached hydrogen (secondary N) is 1. The fraction of sp³-hybridized carbons (Fsp3) is 0.273. The number of cyclic esters (lactones) is 1. The summed E-state index contributed by atoms with van der Waals surface area (Å²) in [4.78, 5) is 45.4. The molecule has 1 aliphatic heterocycles. The topological polar surface area (TPSA) is 116 Å². The van der Waals surface area contributed by atoms with Crippen molar-refractivity contribution in [3.8, 4) is 5.75 Å². The largest absolute Gasteiger partial charge is 0.501 e. The SMILES string of the molecule is CN(C)c1cc(N2CCCOC2=O)c2nc(C(=O)NCc3ccc(F)cc3)c(O)c(=O)n2c1. The zero-order chi connectivity index (χ0) is 23.7. The summed E-state index contributed by atoms with van der Waals surface area (Å²) in [6, 6.07) is 7.17. The quantitative estimate of drug-likeness (QED) is 0.603. The smallest absolute Gasteiger partial charge is 0.414 e. The number of aromatic hydroxyl groups is 1. The zero-order valence-electron chi connectivity index (χ0n) is 18.0. The minimum absolute atomic E-state index is 0.0224. The molecule has 33 heavy (non-hydrogen) atoms. The van der Waals surface area contributed by atoms with Gasteiger partial charge < -0.3 is 20.1 Å². The Bertz CT molecular complexity index is 1290. The maximum absolute atomic E-state index is 13.1. The van der Waals surface area contributed by atoms with Crippen molar-refractivity contribution in [3.05, 3.63) is 64.0 Å². The monoisotopic (exact) mass is 455 g/mol. The summed E-state index contributed by atoms with van der Waals surface area (Å²) in [5, 5.41) is 13.0. The van der Waals surface area contributed by atoms with E-state index in [1.54, 1.807) is 25.1 Å². The van der Waals surface area contributed by atoms with E-state index < -0.39 is 34.8 Å². The molecule has 0 unspecified atom stereocenters. The van der Waals surface area contributed by atoms with Crippen molar-refractivity contribution in [2.24, 2.45) is 0 Å². The molecular formula is C22H22FN5O5. The van der Waals surface area contributed by atoms with E-state index in [1.807, 2.05) is 0 Å². The van der Waals surface area contributed by atoms with Crippen molar-refractivity contribution in [3.63, 3.8) is 0 Å². The van der Waals surface area contributed by atoms with Crippen LogP contribution in [0.1, 0.15) is 22.5 Å². The van der Waals surface area contributed by atoms with Gasteiger partial charge in [-0.25, -0.2) is 14.2 Å². The maximum atomic E-state index is 13.1. The Hall–Kier alpha value is -4.15. The van der Waals surface area contributed by atoms with Crippen molar-refractivity contribution in [2.45, 2.75) is 13.0 Å². The van der Waals surface area contributed by atoms with Crippen LogP contribution in [0.15, 0.2) is 41.3 Å². The Balaban J connectivity index is 1.79. The van der Waals surface area contributed by atoms with E-state index in [2.05, 4.69) is 10.3 Å². The first-order valence-corrected chi connectivity index (χ1v) is 10.2. The Kier molecular flexibility index (Phi) is 5.86. The number of anilines is 2. The van der Waals surface area contributed by atoms with Gasteiger partial charge in [0.25, 0.3) is 5.91 Å². The molecule has 0 bridgehead atoms. The first kappa shape index (κ1) is 22.1. The summed E-state index contributed by atoms with van der Waals surface area (Å²) in [7, 11) is 3.52. The van der Waals surface area contributed by atoms with Gasteiger partial charge in [-0.05, 0) is 30.2 Å². The predicted octanol–water partition coefficient (Wildman–Crippen LogP) is 1.88. The predicted molar refractivity (Wildman–Crippen MR) is 118 cm³/mol. The molecule has 172 valence electrons. The molecule has 10 nitrogen and oxygen atoms in total. The highest BCUT2D eigenvalue weighted by atomic mass is 19.1. The molecule has 0 atom stereocenters. The summed E-state index contributed by atoms with van der Waals surface area (Å²) in [5.41, 5.74) is 0.153. The summed E-state index contributed by atoms with van der Waals surface area (Å²) in [5.74, 6) is -2.03. The molecule has 1 aromatic carbocycles. The molecule has 4 rings (SSSR count). The van der Waals surface area contributed by atoms with E-state index in [1.165, 1.54) is 35.4 Å². The molecule has 0 aliphatic carbocycles. The maximum Gasteiger partial charge on any atom is 0.414 e. The van der Waals surface area contributed by atoms with Crippen LogP contribution in [0.5, 0.6) is 5.75 Å². The number of hydrogen-bond acceptors (Lipinski definition) is 7. The number of amides is 2. The number of nitrogens with zero attached hydrogens (tertiary/aromatic N) is 4. The van der Waals surface area contributed by atoms with Crippen molar-refractivity contribution < 1.29 is 23.8 Å². The van der Waals surface area contributed by atoms with Gasteiger partial charge in [-0.1, -0.05) is 12.1 Å². The molecule has 0 spiro atoms. The first-order chi connectivity index (χ1) is 15.8. The number of ether oxygens (including phenoxy) is 1. The van der Waals surface area contributed by atoms with Gasteiger partial charge in [-0.15, -0.1) is 0 Å². The Morgan fingerprint density at radius 1 is 1.27 bits per heavy atom. The number of carbonyl (C=O) groups excluding carboxylic acids is 2. The van der Waals surface area contributed by atoms with Gasteiger partial charge in [0.05, 0.1) is 18.0 Å². The molecule has 0 radical (unpaired) electrons. The highest BCUT2D eigenvalue weighted by molar-refractivity contribution is 5.97. The van der Waals surface area contributed by atoms with E-state index in [9.17, 15) is 23.9 Å². The molecule has 11 heteroatoms. The van der Waals surface area contributed by atoms with Gasteiger partial charge in [-0.2, -0.15) is 0 Å². The van der Waals surface area contributed by atoms with Crippen LogP contribution in [0.2, 0.25) is 0 Å². The van der Waals surface area contributed by atoms with Crippen LogP contribution >= 0.6 is 0 Å². The Morgan fingerprint density at radius 2 is 2.00 bits per heavy atom. The number of fused-ring (bicyclic) bond motifs is 1. The molecule has 2 aromatic heterocycles. The highest BCUT2D eigenvalue weighted by Gasteiger charge is 2.27. The molecule has 3 aromatic rings. The lowest BCUT2D eigenvalue weighted by Crippen LogP contribution is -2.38. The second-order valence-electron chi connectivity index (χ2n) is 7.71. The average molecular weight is 455 g/mol. The molecule has 1 fully saturated rings. The number of rotatable bonds is 5. The molecule has 2 N–H and O–H groups in total. The fourth-order valence-corrected chi connectivity index (χ4v) is 3.44. The Labute approximate surface area is 187 Å². The van der Waals surface area contributed by atoms with Gasteiger partial charge in [0.2, 0.25) is 5.75 Å². The van der Waals surface area contributed by atoms with Gasteiger partial charge in [0.1, 0.15) is 5.82 Å². The fourth-order valence-electron chi connectivity index (χ4n) is 3.44. The lowest BCUT2D eigenvalue weighted by Gasteiger charge is -2.28. The number of pyridine rings is 1. The van der Waals surface area contributed by atoms with Crippen LogP contribution in [0.4, 0.5) is 20.6 Å². The summed E-state index contributed by atoms with van der Waals surface area (Å²) in [6.07, 6.45) is 1.45. The highest BCUT2D eigenvalue weighted by Crippen LogP contribution is 2.28. The van der Waals surface area contributed by atoms with E-state index in [4.69, 9.17) is 4.74 Å². The zero-order valence-corrected chi connectivity index (χ0v) is 18.0. The van der Waals surface area contributed by atoms with Crippen molar-refractivity contribution in [1.29, 1.82) is 0 Å². The van der Waals surface area contributed by atoms with E-state index in [0.29, 0.717) is 24.2 Å². The third-order valence-corrected chi connectivity index (χ3v) is 5.23. The van der Waals surface area contributed by atoms with Crippen molar-refractivity contribution in [2.75, 3.05) is 37.0 Å². The molecule has 0 saturated carbocycles. The summed E-state index contributed by atoms with van der Waals surface area (Å²) < 4.78 is 19.3. The van der Waals surface area contributed by atoms with Crippen LogP contribution in [-0.4, -0.2) is 53.7 Å². The molecule has 2 amide bonds. The molecule has 1 aliphatic rings. The molecule has 1 saturated heterocycles. The average Bonchev–Trinajstić information content (AvgIpc) is 2.80. The van der Waals surface area contributed by atoms with Crippen LogP contribution in [0.3, 0.4) is 0 Å². The summed E-state index contributed by atoms with van der Waals surface area (Å²) >= 11 is 0. The number of hydrogen-bond donors (Lipinski definition) is 2. The summed E-state index contributed by atoms with van der Waals surface area (Å²) in [6.45, 7) is 0.657. The second kappa shape index (κ2) is 8.77. The standard InChI is InChI=1S/C22H22FN5O5/c1-26(2)15-10-16(27-8-3-9-33-22(27)32)19-25-17(18(29)21(31)28(19)12-15)20(30)24-11-13-4-6-14(23)7-5-13/h4-7,10,12,29H,3,8-9,11H2,1-2H3,(H,24,30). The van der Waals surface area contributed by atoms with Gasteiger partial charge in [0, 0.05) is 33.4 Å². The van der Waals surface area contributed by atoms with E-state index in [0.717, 1.165) is 4.40 Å². The van der Waals surface area contributed by atoms with Crippen molar-refractivity contribution in [1.82, 2.24) is 14.7 Å². The normalized spacial score (nSPS) is 13.7. The van der Waals surface area contributed by atoms with Gasteiger partial charge in [0.15, 0.2) is 11.3 Å². The second-order valence-corrected chi connectivity index (χ2v) is 7.71. The molecular weight excluding hydrogens is 433 g/mol. The van der Waals surface area contributed by atoms with Gasteiger partial charge >= 0.3 is 11.7 Å². The van der Waals surface area contributed by atoms with Gasteiger partial charge in [-0.3, -0.25) is 18.9 Å². The number of aromatic nitrogens is 2. The number of benzene rings is 1. The Morgan fingerprint density at radius 3 is 2.67 bits per heavy atom. The van der Waals surface area contributed by atoms with E-state index >= 15 is 0 Å². The van der Waals surface area contributed by atoms with Crippen LogP contribution in [0, 0.1) is 5.82 Å². The van der Waals surface area contributed by atoms with Crippen LogP contribution < -0.4 is 20.7 Å². The third-order valence-electron chi connectivity index (χ3n) is 5.23. The minimum atomic E-state index is -0.859. The molecule has 3 heterocycles. The van der Waals surface area contributed by atoms with Crippen LogP contribution in [-0.2, 0) is 11.3 Å². The first-order valence-electron chi connectivity index (χ1n) is 10.2. The number of carbonyl (C=O) groups is 2. The lowest BCUT2D eigenvalue weighted by atomic mass is 10.2. The van der Waals surface area contributed by atoms with E-state index in [-0.39, 0.29) is 24.5 Å². The minimum Gasteiger partial charge on any atom is -0.501 e. The lowest BCUT2D eigenvalue weighted by molar-refractivity contribution is 0.0942. The third kappa shape index (κ3) is 4.29. The van der Waals surface area contributed by atoms with Crippen molar-refractivity contribution >= 4 is 29.0 Å². The van der Waals surface area contributed by atoms with Crippen LogP contribution in [0.25, 0.3) is 5.65 Å². The number of halogens is 1.